The van der Waals surface area contributed by atoms with Crippen molar-refractivity contribution in [3.63, 3.8) is 0 Å². The SMILES string of the molecule is NNC(CCC1CCCCC1)Cc1ccc(F)cc1Cl. The van der Waals surface area contributed by atoms with Crippen LogP contribution in [0.3, 0.4) is 0 Å². The maximum absolute atomic E-state index is 13.0. The maximum atomic E-state index is 13.0. The van der Waals surface area contributed by atoms with Crippen molar-refractivity contribution in [2.75, 3.05) is 0 Å². The summed E-state index contributed by atoms with van der Waals surface area (Å²) < 4.78 is 13.0. The molecule has 1 saturated carbocycles. The number of hydrazine groups is 1. The third kappa shape index (κ3) is 4.72. The van der Waals surface area contributed by atoms with E-state index in [1.54, 1.807) is 6.07 Å². The molecule has 4 heteroatoms. The van der Waals surface area contributed by atoms with E-state index < -0.39 is 0 Å². The smallest absolute Gasteiger partial charge is 0.124 e. The molecule has 1 fully saturated rings. The zero-order valence-corrected chi connectivity index (χ0v) is 12.6. The molecule has 0 aliphatic heterocycles. The molecule has 0 heterocycles. The van der Waals surface area contributed by atoms with Gasteiger partial charge < -0.3 is 0 Å². The van der Waals surface area contributed by atoms with E-state index in [4.69, 9.17) is 17.4 Å². The summed E-state index contributed by atoms with van der Waals surface area (Å²) >= 11 is 6.07. The summed E-state index contributed by atoms with van der Waals surface area (Å²) in [6.45, 7) is 0. The number of rotatable bonds is 6. The number of benzene rings is 1. The van der Waals surface area contributed by atoms with Crippen molar-refractivity contribution in [1.29, 1.82) is 0 Å². The monoisotopic (exact) mass is 298 g/mol. The van der Waals surface area contributed by atoms with E-state index in [2.05, 4.69) is 5.43 Å². The second-order valence-corrected chi connectivity index (χ2v) is 6.29. The Labute approximate surface area is 125 Å². The van der Waals surface area contributed by atoms with Crippen molar-refractivity contribution in [2.45, 2.75) is 57.4 Å². The summed E-state index contributed by atoms with van der Waals surface area (Å²) in [7, 11) is 0. The average Bonchev–Trinajstić information content (AvgIpc) is 2.46. The lowest BCUT2D eigenvalue weighted by atomic mass is 9.84. The van der Waals surface area contributed by atoms with Crippen molar-refractivity contribution < 1.29 is 4.39 Å². The van der Waals surface area contributed by atoms with Gasteiger partial charge in [0.25, 0.3) is 0 Å². The van der Waals surface area contributed by atoms with E-state index in [1.165, 1.54) is 50.7 Å². The van der Waals surface area contributed by atoms with Gasteiger partial charge in [-0.3, -0.25) is 11.3 Å². The largest absolute Gasteiger partial charge is 0.271 e. The molecular formula is C16H24ClFN2. The van der Waals surface area contributed by atoms with Crippen molar-refractivity contribution in [3.05, 3.63) is 34.6 Å². The summed E-state index contributed by atoms with van der Waals surface area (Å²) in [6.07, 6.45) is 9.86. The van der Waals surface area contributed by atoms with E-state index in [-0.39, 0.29) is 11.9 Å². The quantitative estimate of drug-likeness (QED) is 0.610. The van der Waals surface area contributed by atoms with E-state index in [0.29, 0.717) is 5.02 Å². The Hall–Kier alpha value is -0.640. The molecule has 1 aromatic rings. The van der Waals surface area contributed by atoms with Crippen LogP contribution in [-0.4, -0.2) is 6.04 Å². The van der Waals surface area contributed by atoms with Gasteiger partial charge in [-0.2, -0.15) is 0 Å². The lowest BCUT2D eigenvalue weighted by Crippen LogP contribution is -2.37. The third-order valence-electron chi connectivity index (χ3n) is 4.37. The fourth-order valence-electron chi connectivity index (χ4n) is 3.11. The highest BCUT2D eigenvalue weighted by molar-refractivity contribution is 6.31. The summed E-state index contributed by atoms with van der Waals surface area (Å²) in [4.78, 5) is 0. The lowest BCUT2D eigenvalue weighted by molar-refractivity contribution is 0.313. The molecule has 0 bridgehead atoms. The summed E-state index contributed by atoms with van der Waals surface area (Å²) in [5.74, 6) is 6.21. The van der Waals surface area contributed by atoms with Crippen LogP contribution < -0.4 is 11.3 Å². The van der Waals surface area contributed by atoms with Crippen molar-refractivity contribution >= 4 is 11.6 Å². The van der Waals surface area contributed by atoms with E-state index in [1.807, 2.05) is 0 Å². The molecule has 0 saturated heterocycles. The van der Waals surface area contributed by atoms with Gasteiger partial charge in [-0.05, 0) is 42.9 Å². The Balaban J connectivity index is 1.84. The van der Waals surface area contributed by atoms with E-state index in [0.717, 1.165) is 24.3 Å². The first-order valence-electron chi connectivity index (χ1n) is 7.59. The first kappa shape index (κ1) is 15.7. The van der Waals surface area contributed by atoms with Crippen molar-refractivity contribution in [1.82, 2.24) is 5.43 Å². The highest BCUT2D eigenvalue weighted by Gasteiger charge is 2.16. The highest BCUT2D eigenvalue weighted by atomic mass is 35.5. The van der Waals surface area contributed by atoms with Crippen LogP contribution in [0.1, 0.15) is 50.5 Å². The minimum Gasteiger partial charge on any atom is -0.271 e. The van der Waals surface area contributed by atoms with Crippen molar-refractivity contribution in [3.8, 4) is 0 Å². The predicted molar refractivity (Wildman–Crippen MR) is 82.0 cm³/mol. The molecule has 0 radical (unpaired) electrons. The molecule has 2 nitrogen and oxygen atoms in total. The van der Waals surface area contributed by atoms with Crippen LogP contribution in [0.25, 0.3) is 0 Å². The Kier molecular flexibility index (Phi) is 6.27. The average molecular weight is 299 g/mol. The minimum absolute atomic E-state index is 0.208. The lowest BCUT2D eigenvalue weighted by Gasteiger charge is -2.24. The highest BCUT2D eigenvalue weighted by Crippen LogP contribution is 2.28. The molecule has 0 spiro atoms. The number of nitrogens with one attached hydrogen (secondary N) is 1. The maximum Gasteiger partial charge on any atom is 0.124 e. The molecule has 1 aromatic carbocycles. The molecule has 0 amide bonds. The topological polar surface area (TPSA) is 38.0 Å². The summed E-state index contributed by atoms with van der Waals surface area (Å²) in [5, 5.41) is 0.489. The van der Waals surface area contributed by atoms with Crippen LogP contribution in [0.2, 0.25) is 5.02 Å². The van der Waals surface area contributed by atoms with Crippen LogP contribution in [0.15, 0.2) is 18.2 Å². The molecule has 20 heavy (non-hydrogen) atoms. The molecule has 2 rings (SSSR count). The van der Waals surface area contributed by atoms with Gasteiger partial charge >= 0.3 is 0 Å². The van der Waals surface area contributed by atoms with Crippen LogP contribution in [0, 0.1) is 11.7 Å². The van der Waals surface area contributed by atoms with Gasteiger partial charge in [0.1, 0.15) is 5.82 Å². The molecule has 3 N–H and O–H groups in total. The van der Waals surface area contributed by atoms with Gasteiger partial charge in [0.15, 0.2) is 0 Å². The zero-order valence-electron chi connectivity index (χ0n) is 11.9. The second-order valence-electron chi connectivity index (χ2n) is 5.88. The minimum atomic E-state index is -0.293. The Morgan fingerprint density at radius 3 is 2.70 bits per heavy atom. The van der Waals surface area contributed by atoms with Gasteiger partial charge in [-0.15, -0.1) is 0 Å². The van der Waals surface area contributed by atoms with Crippen LogP contribution in [0.4, 0.5) is 4.39 Å². The zero-order chi connectivity index (χ0) is 14.4. The van der Waals surface area contributed by atoms with Gasteiger partial charge in [0, 0.05) is 11.1 Å². The first-order valence-corrected chi connectivity index (χ1v) is 7.97. The Morgan fingerprint density at radius 1 is 1.30 bits per heavy atom. The number of hydrogen-bond donors (Lipinski definition) is 2. The first-order chi connectivity index (χ1) is 9.69. The van der Waals surface area contributed by atoms with E-state index >= 15 is 0 Å². The fourth-order valence-corrected chi connectivity index (χ4v) is 3.35. The molecule has 112 valence electrons. The van der Waals surface area contributed by atoms with Gasteiger partial charge in [-0.1, -0.05) is 49.8 Å². The van der Waals surface area contributed by atoms with Gasteiger partial charge in [0.05, 0.1) is 0 Å². The molecule has 1 unspecified atom stereocenters. The second kappa shape index (κ2) is 7.96. The number of halogens is 2. The van der Waals surface area contributed by atoms with Crippen LogP contribution >= 0.6 is 11.6 Å². The Bertz CT molecular complexity index is 419. The van der Waals surface area contributed by atoms with Crippen molar-refractivity contribution in [2.24, 2.45) is 11.8 Å². The normalized spacial score (nSPS) is 18.1. The third-order valence-corrected chi connectivity index (χ3v) is 4.72. The number of nitrogens with two attached hydrogens (primary N) is 1. The fraction of sp³-hybridized carbons (Fsp3) is 0.625. The van der Waals surface area contributed by atoms with Gasteiger partial charge in [0.2, 0.25) is 0 Å². The number of hydrogen-bond acceptors (Lipinski definition) is 2. The standard InChI is InChI=1S/C16H24ClFN2/c17-16-11-14(18)8-7-13(16)10-15(20-19)9-6-12-4-2-1-3-5-12/h7-8,11-12,15,20H,1-6,9-10,19H2. The Morgan fingerprint density at radius 2 is 2.05 bits per heavy atom. The summed E-state index contributed by atoms with van der Waals surface area (Å²) in [6, 6.07) is 4.78. The van der Waals surface area contributed by atoms with Crippen LogP contribution in [0.5, 0.6) is 0 Å². The molecular weight excluding hydrogens is 275 g/mol. The molecule has 1 atom stereocenters. The molecule has 1 aliphatic rings. The van der Waals surface area contributed by atoms with E-state index in [9.17, 15) is 4.39 Å². The summed E-state index contributed by atoms with van der Waals surface area (Å²) in [5.41, 5.74) is 3.84. The van der Waals surface area contributed by atoms with Crippen LogP contribution in [-0.2, 0) is 6.42 Å². The van der Waals surface area contributed by atoms with Gasteiger partial charge in [-0.25, -0.2) is 4.39 Å². The molecule has 1 aliphatic carbocycles. The predicted octanol–water partition coefficient (Wildman–Crippen LogP) is 4.21. The molecule has 0 aromatic heterocycles.